The van der Waals surface area contributed by atoms with Crippen LogP contribution in [0.15, 0.2) is 0 Å². The van der Waals surface area contributed by atoms with Crippen molar-refractivity contribution in [3.05, 3.63) is 0 Å². The van der Waals surface area contributed by atoms with Gasteiger partial charge in [-0.1, -0.05) is 0 Å². The number of aliphatic carboxylic acids is 1. The van der Waals surface area contributed by atoms with Gasteiger partial charge in [0.1, 0.15) is 0 Å². The Labute approximate surface area is 86.5 Å². The van der Waals surface area contributed by atoms with Gasteiger partial charge in [-0.05, 0) is 12.8 Å². The minimum absolute atomic E-state index is 0.162. The molecule has 1 aliphatic heterocycles. The van der Waals surface area contributed by atoms with Crippen LogP contribution in [-0.4, -0.2) is 45.5 Å². The van der Waals surface area contributed by atoms with Gasteiger partial charge < -0.3 is 10.2 Å². The van der Waals surface area contributed by atoms with E-state index in [4.69, 9.17) is 10.2 Å². The molecule has 1 fully saturated rings. The summed E-state index contributed by atoms with van der Waals surface area (Å²) in [5.74, 6) is -2.39. The second-order valence-corrected chi connectivity index (χ2v) is 3.40. The smallest absolute Gasteiger partial charge is 0.329 e. The molecule has 6 nitrogen and oxygen atoms in total. The number of hydrogen-bond donors (Lipinski definition) is 2. The monoisotopic (exact) mass is 215 g/mol. The Kier molecular flexibility index (Phi) is 3.79. The van der Waals surface area contributed by atoms with Crippen LogP contribution >= 0.6 is 0 Å². The van der Waals surface area contributed by atoms with Crippen LogP contribution in [0.5, 0.6) is 0 Å². The summed E-state index contributed by atoms with van der Waals surface area (Å²) in [7, 11) is 0. The van der Waals surface area contributed by atoms with Crippen LogP contribution in [0.1, 0.15) is 25.7 Å². The Balaban J connectivity index is 2.90. The van der Waals surface area contributed by atoms with E-state index in [0.717, 1.165) is 0 Å². The first-order valence-corrected chi connectivity index (χ1v) is 4.76. The molecule has 84 valence electrons. The third-order valence-electron chi connectivity index (χ3n) is 2.34. The van der Waals surface area contributed by atoms with Crippen molar-refractivity contribution < 1.29 is 24.6 Å². The normalized spacial score (nSPS) is 19.9. The molecule has 1 atom stereocenters. The van der Waals surface area contributed by atoms with E-state index in [1.54, 1.807) is 0 Å². The van der Waals surface area contributed by atoms with Crippen molar-refractivity contribution in [2.45, 2.75) is 31.7 Å². The van der Waals surface area contributed by atoms with Gasteiger partial charge in [-0.3, -0.25) is 14.5 Å². The lowest BCUT2D eigenvalue weighted by atomic mass is 10.2. The summed E-state index contributed by atoms with van der Waals surface area (Å²) in [6.45, 7) is -0.743. The highest BCUT2D eigenvalue weighted by Gasteiger charge is 2.34. The van der Waals surface area contributed by atoms with E-state index in [1.165, 1.54) is 0 Å². The Morgan fingerprint density at radius 3 is 2.07 bits per heavy atom. The minimum Gasteiger partial charge on any atom is -0.480 e. The third-order valence-corrected chi connectivity index (χ3v) is 2.34. The Bertz CT molecular complexity index is 270. The molecule has 0 saturated carbocycles. The number of carbonyl (C=O) groups excluding carboxylic acids is 2. The summed E-state index contributed by atoms with van der Waals surface area (Å²) in [5.41, 5.74) is 0. The van der Waals surface area contributed by atoms with Crippen molar-refractivity contribution in [2.24, 2.45) is 0 Å². The topological polar surface area (TPSA) is 94.9 Å². The molecule has 1 heterocycles. The highest BCUT2D eigenvalue weighted by Crippen LogP contribution is 2.15. The van der Waals surface area contributed by atoms with Crippen molar-refractivity contribution in [2.75, 3.05) is 6.61 Å². The molecule has 0 unspecified atom stereocenters. The molecule has 0 aromatic rings. The Morgan fingerprint density at radius 1 is 1.27 bits per heavy atom. The van der Waals surface area contributed by atoms with Crippen molar-refractivity contribution in [1.82, 2.24) is 4.90 Å². The van der Waals surface area contributed by atoms with E-state index < -0.39 is 30.4 Å². The number of nitrogens with zero attached hydrogens (tertiary/aromatic N) is 1. The molecule has 2 amide bonds. The highest BCUT2D eigenvalue weighted by atomic mass is 16.4. The predicted octanol–water partition coefficient (Wildman–Crippen LogP) is -0.639. The molecular weight excluding hydrogens is 202 g/mol. The molecule has 0 bridgehead atoms. The fraction of sp³-hybridized carbons (Fsp3) is 0.667. The Hall–Kier alpha value is -1.43. The second kappa shape index (κ2) is 4.88. The van der Waals surface area contributed by atoms with Crippen molar-refractivity contribution in [3.63, 3.8) is 0 Å². The van der Waals surface area contributed by atoms with E-state index in [-0.39, 0.29) is 12.8 Å². The average Bonchev–Trinajstić information content (AvgIpc) is 2.32. The number of likely N-dealkylation sites (tertiary alicyclic amines) is 1. The molecule has 1 aliphatic rings. The number of rotatable bonds is 3. The van der Waals surface area contributed by atoms with Crippen molar-refractivity contribution >= 4 is 17.8 Å². The molecule has 0 spiro atoms. The molecule has 15 heavy (non-hydrogen) atoms. The Morgan fingerprint density at radius 2 is 1.73 bits per heavy atom. The number of aliphatic hydroxyl groups excluding tert-OH is 1. The average molecular weight is 215 g/mol. The number of amides is 2. The van der Waals surface area contributed by atoms with Crippen LogP contribution in [0.2, 0.25) is 0 Å². The minimum atomic E-state index is -1.44. The standard InChI is InChI=1S/C9H13NO5/c11-5-6(9(14)15)10-7(12)3-1-2-4-8(10)13/h6,11H,1-5H2,(H,14,15)/t6-/m0/s1. The molecule has 0 aromatic heterocycles. The van der Waals surface area contributed by atoms with Gasteiger partial charge in [0.25, 0.3) is 0 Å². The molecule has 0 aromatic carbocycles. The molecule has 0 aliphatic carbocycles. The lowest BCUT2D eigenvalue weighted by Crippen LogP contribution is -2.49. The van der Waals surface area contributed by atoms with Gasteiger partial charge in [-0.2, -0.15) is 0 Å². The summed E-state index contributed by atoms with van der Waals surface area (Å²) < 4.78 is 0. The maximum atomic E-state index is 11.5. The lowest BCUT2D eigenvalue weighted by molar-refractivity contribution is -0.159. The van der Waals surface area contributed by atoms with Crippen molar-refractivity contribution in [3.8, 4) is 0 Å². The van der Waals surface area contributed by atoms with E-state index in [9.17, 15) is 14.4 Å². The van der Waals surface area contributed by atoms with Crippen LogP contribution in [0, 0.1) is 0 Å². The summed E-state index contributed by atoms with van der Waals surface area (Å²) >= 11 is 0. The fourth-order valence-electron chi connectivity index (χ4n) is 1.55. The van der Waals surface area contributed by atoms with E-state index in [0.29, 0.717) is 17.7 Å². The van der Waals surface area contributed by atoms with Gasteiger partial charge >= 0.3 is 5.97 Å². The van der Waals surface area contributed by atoms with E-state index in [2.05, 4.69) is 0 Å². The molecule has 1 rings (SSSR count). The van der Waals surface area contributed by atoms with Crippen LogP contribution in [-0.2, 0) is 14.4 Å². The zero-order valence-electron chi connectivity index (χ0n) is 8.18. The van der Waals surface area contributed by atoms with Crippen molar-refractivity contribution in [1.29, 1.82) is 0 Å². The van der Waals surface area contributed by atoms with Gasteiger partial charge in [0.05, 0.1) is 6.61 Å². The van der Waals surface area contributed by atoms with E-state index >= 15 is 0 Å². The quantitative estimate of drug-likeness (QED) is 0.610. The molecular formula is C9H13NO5. The lowest BCUT2D eigenvalue weighted by Gasteiger charge is -2.24. The maximum Gasteiger partial charge on any atom is 0.329 e. The number of carboxylic acids is 1. The first kappa shape index (κ1) is 11.6. The number of imide groups is 1. The summed E-state index contributed by atoms with van der Waals surface area (Å²) in [6, 6.07) is -1.44. The third kappa shape index (κ3) is 2.53. The van der Waals surface area contributed by atoms with Gasteiger partial charge in [-0.15, -0.1) is 0 Å². The fourth-order valence-corrected chi connectivity index (χ4v) is 1.55. The van der Waals surface area contributed by atoms with Gasteiger partial charge in [-0.25, -0.2) is 4.79 Å². The van der Waals surface area contributed by atoms with Gasteiger partial charge in [0, 0.05) is 12.8 Å². The van der Waals surface area contributed by atoms with Gasteiger partial charge in [0.15, 0.2) is 6.04 Å². The number of hydrogen-bond acceptors (Lipinski definition) is 4. The van der Waals surface area contributed by atoms with Gasteiger partial charge in [0.2, 0.25) is 11.8 Å². The predicted molar refractivity (Wildman–Crippen MR) is 48.8 cm³/mol. The SMILES string of the molecule is O=C(O)[C@H](CO)N1C(=O)CCCCC1=O. The summed E-state index contributed by atoms with van der Waals surface area (Å²) in [6.07, 6.45) is 1.49. The molecule has 2 N–H and O–H groups in total. The number of aliphatic hydroxyl groups is 1. The van der Waals surface area contributed by atoms with Crippen LogP contribution < -0.4 is 0 Å². The van der Waals surface area contributed by atoms with Crippen LogP contribution in [0.4, 0.5) is 0 Å². The second-order valence-electron chi connectivity index (χ2n) is 3.40. The number of carboxylic acid groups (broad SMARTS) is 1. The zero-order chi connectivity index (χ0) is 11.4. The maximum absolute atomic E-state index is 11.5. The summed E-state index contributed by atoms with van der Waals surface area (Å²) in [4.78, 5) is 34.3. The molecule has 0 radical (unpaired) electrons. The highest BCUT2D eigenvalue weighted by molar-refractivity contribution is 5.99. The first-order valence-electron chi connectivity index (χ1n) is 4.76. The first-order chi connectivity index (χ1) is 7.07. The number of carbonyl (C=O) groups is 3. The van der Waals surface area contributed by atoms with Crippen LogP contribution in [0.25, 0.3) is 0 Å². The molecule has 6 heteroatoms. The zero-order valence-corrected chi connectivity index (χ0v) is 8.18. The largest absolute Gasteiger partial charge is 0.480 e. The van der Waals surface area contributed by atoms with Crippen LogP contribution in [0.3, 0.4) is 0 Å². The molecule has 1 saturated heterocycles. The summed E-state index contributed by atoms with van der Waals surface area (Å²) in [5, 5.41) is 17.6. The van der Waals surface area contributed by atoms with E-state index in [1.807, 2.05) is 0 Å².